The summed E-state index contributed by atoms with van der Waals surface area (Å²) in [5, 5.41) is 4.11. The standard InChI is InChI=1S/C19H22BrN3O3/c1-13-16(12-21-22-17(24)11-19(3)25-9-10-26-19)18(20)14(2)23(13)15-7-5-4-6-8-15/h4-8,12H,9-11H2,1-3H3,(H,22,24)/b21-12-. The van der Waals surface area contributed by atoms with Gasteiger partial charge in [-0.25, -0.2) is 5.43 Å². The number of halogens is 1. The number of nitrogens with zero attached hydrogens (tertiary/aromatic N) is 2. The van der Waals surface area contributed by atoms with Gasteiger partial charge >= 0.3 is 0 Å². The second-order valence-electron chi connectivity index (χ2n) is 6.37. The van der Waals surface area contributed by atoms with E-state index in [1.54, 1.807) is 13.1 Å². The molecule has 2 heterocycles. The summed E-state index contributed by atoms with van der Waals surface area (Å²) in [5.41, 5.74) is 6.65. The number of nitrogens with one attached hydrogen (secondary N) is 1. The molecule has 3 rings (SSSR count). The third-order valence-electron chi connectivity index (χ3n) is 4.39. The van der Waals surface area contributed by atoms with Crippen molar-refractivity contribution in [3.63, 3.8) is 0 Å². The zero-order valence-corrected chi connectivity index (χ0v) is 16.7. The first kappa shape index (κ1) is 18.8. The Balaban J connectivity index is 1.74. The molecule has 0 radical (unpaired) electrons. The molecular weight excluding hydrogens is 398 g/mol. The maximum Gasteiger partial charge on any atom is 0.245 e. The lowest BCUT2D eigenvalue weighted by molar-refractivity contribution is -0.159. The summed E-state index contributed by atoms with van der Waals surface area (Å²) in [6.45, 7) is 6.83. The average Bonchev–Trinajstić information content (AvgIpc) is 3.12. The molecule has 1 aromatic carbocycles. The smallest absolute Gasteiger partial charge is 0.245 e. The zero-order chi connectivity index (χ0) is 18.7. The molecule has 1 fully saturated rings. The number of rotatable bonds is 5. The Labute approximate surface area is 161 Å². The van der Waals surface area contributed by atoms with Crippen LogP contribution in [-0.2, 0) is 14.3 Å². The lowest BCUT2D eigenvalue weighted by Gasteiger charge is -2.20. The van der Waals surface area contributed by atoms with Crippen molar-refractivity contribution in [1.29, 1.82) is 0 Å². The number of ether oxygens (including phenoxy) is 2. The van der Waals surface area contributed by atoms with Crippen LogP contribution in [0.4, 0.5) is 0 Å². The second kappa shape index (κ2) is 7.73. The maximum absolute atomic E-state index is 12.1. The third-order valence-corrected chi connectivity index (χ3v) is 5.39. The van der Waals surface area contributed by atoms with E-state index >= 15 is 0 Å². The minimum atomic E-state index is -0.858. The van der Waals surface area contributed by atoms with Crippen molar-refractivity contribution in [2.45, 2.75) is 33.0 Å². The lowest BCUT2D eigenvalue weighted by atomic mass is 10.2. The Hall–Kier alpha value is -1.96. The largest absolute Gasteiger partial charge is 0.347 e. The van der Waals surface area contributed by atoms with E-state index in [1.807, 2.05) is 32.0 Å². The minimum Gasteiger partial charge on any atom is -0.347 e. The second-order valence-corrected chi connectivity index (χ2v) is 7.16. The first-order valence-corrected chi connectivity index (χ1v) is 9.23. The minimum absolute atomic E-state index is 0.106. The fourth-order valence-electron chi connectivity index (χ4n) is 3.10. The van der Waals surface area contributed by atoms with Crippen LogP contribution in [0, 0.1) is 13.8 Å². The Morgan fingerprint density at radius 2 is 1.92 bits per heavy atom. The topological polar surface area (TPSA) is 64.8 Å². The highest BCUT2D eigenvalue weighted by Crippen LogP contribution is 2.29. The van der Waals surface area contributed by atoms with Crippen LogP contribution in [0.2, 0.25) is 0 Å². The molecule has 2 aromatic rings. The van der Waals surface area contributed by atoms with Gasteiger partial charge in [-0.05, 0) is 48.8 Å². The van der Waals surface area contributed by atoms with Gasteiger partial charge in [0.05, 0.1) is 25.8 Å². The van der Waals surface area contributed by atoms with Crippen LogP contribution in [-0.4, -0.2) is 35.7 Å². The average molecular weight is 420 g/mol. The molecule has 138 valence electrons. The molecule has 7 heteroatoms. The quantitative estimate of drug-likeness (QED) is 0.595. The number of carbonyl (C=O) groups is 1. The van der Waals surface area contributed by atoms with E-state index in [-0.39, 0.29) is 12.3 Å². The number of hydrogen-bond donors (Lipinski definition) is 1. The summed E-state index contributed by atoms with van der Waals surface area (Å²) in [5.74, 6) is -1.11. The van der Waals surface area contributed by atoms with Crippen molar-refractivity contribution >= 4 is 28.1 Å². The Morgan fingerprint density at radius 1 is 1.27 bits per heavy atom. The van der Waals surface area contributed by atoms with Crippen molar-refractivity contribution in [3.8, 4) is 5.69 Å². The van der Waals surface area contributed by atoms with Crippen LogP contribution in [0.3, 0.4) is 0 Å². The molecule has 6 nitrogen and oxygen atoms in total. The molecule has 1 saturated heterocycles. The van der Waals surface area contributed by atoms with Gasteiger partial charge in [-0.1, -0.05) is 18.2 Å². The number of para-hydroxylation sites is 1. The van der Waals surface area contributed by atoms with Crippen molar-refractivity contribution in [3.05, 3.63) is 51.8 Å². The van der Waals surface area contributed by atoms with Gasteiger partial charge in [0.2, 0.25) is 5.91 Å². The molecule has 0 unspecified atom stereocenters. The molecule has 1 aliphatic rings. The summed E-state index contributed by atoms with van der Waals surface area (Å²) in [6.07, 6.45) is 1.76. The van der Waals surface area contributed by atoms with Crippen molar-refractivity contribution in [2.24, 2.45) is 5.10 Å². The van der Waals surface area contributed by atoms with E-state index in [0.717, 1.165) is 27.1 Å². The lowest BCUT2D eigenvalue weighted by Crippen LogP contribution is -2.33. The highest BCUT2D eigenvalue weighted by molar-refractivity contribution is 9.10. The Morgan fingerprint density at radius 3 is 2.58 bits per heavy atom. The number of benzene rings is 1. The molecule has 0 bridgehead atoms. The number of carbonyl (C=O) groups excluding carboxylic acids is 1. The van der Waals surface area contributed by atoms with Crippen LogP contribution in [0.5, 0.6) is 0 Å². The molecular formula is C19H22BrN3O3. The number of hydrazone groups is 1. The molecule has 1 N–H and O–H groups in total. The number of aromatic nitrogens is 1. The van der Waals surface area contributed by atoms with Crippen molar-refractivity contribution in [1.82, 2.24) is 9.99 Å². The summed E-state index contributed by atoms with van der Waals surface area (Å²) >= 11 is 3.63. The van der Waals surface area contributed by atoms with Gasteiger partial charge in [-0.15, -0.1) is 0 Å². The van der Waals surface area contributed by atoms with E-state index in [0.29, 0.717) is 13.2 Å². The highest BCUT2D eigenvalue weighted by atomic mass is 79.9. The number of amides is 1. The normalized spacial score (nSPS) is 16.3. The van der Waals surface area contributed by atoms with Crippen molar-refractivity contribution in [2.75, 3.05) is 13.2 Å². The fraction of sp³-hybridized carbons (Fsp3) is 0.368. The molecule has 26 heavy (non-hydrogen) atoms. The molecule has 0 aliphatic carbocycles. The van der Waals surface area contributed by atoms with Crippen molar-refractivity contribution < 1.29 is 14.3 Å². The first-order valence-electron chi connectivity index (χ1n) is 8.44. The SMILES string of the molecule is Cc1c(Br)c(/C=N\NC(=O)CC2(C)OCCO2)c(C)n1-c1ccccc1. The predicted molar refractivity (Wildman–Crippen MR) is 104 cm³/mol. The number of hydrogen-bond acceptors (Lipinski definition) is 4. The van der Waals surface area contributed by atoms with Crippen LogP contribution in [0.25, 0.3) is 5.69 Å². The van der Waals surface area contributed by atoms with Gasteiger partial charge in [0.25, 0.3) is 0 Å². The van der Waals surface area contributed by atoms with E-state index in [2.05, 4.69) is 43.2 Å². The Kier molecular flexibility index (Phi) is 5.60. The molecule has 0 atom stereocenters. The monoisotopic (exact) mass is 419 g/mol. The van der Waals surface area contributed by atoms with Crippen LogP contribution in [0.1, 0.15) is 30.3 Å². The maximum atomic E-state index is 12.1. The summed E-state index contributed by atoms with van der Waals surface area (Å²) in [6, 6.07) is 10.1. The molecule has 1 aliphatic heterocycles. The summed E-state index contributed by atoms with van der Waals surface area (Å²) < 4.78 is 14.0. The molecule has 1 amide bonds. The summed E-state index contributed by atoms with van der Waals surface area (Å²) in [4.78, 5) is 12.1. The van der Waals surface area contributed by atoms with E-state index in [4.69, 9.17) is 9.47 Å². The molecule has 0 saturated carbocycles. The zero-order valence-electron chi connectivity index (χ0n) is 15.1. The first-order chi connectivity index (χ1) is 12.4. The Bertz CT molecular complexity index is 824. The van der Waals surface area contributed by atoms with Gasteiger partial charge in [0, 0.05) is 27.1 Å². The van der Waals surface area contributed by atoms with E-state index < -0.39 is 5.79 Å². The summed E-state index contributed by atoms with van der Waals surface area (Å²) in [7, 11) is 0. The van der Waals surface area contributed by atoms with Crippen LogP contribution < -0.4 is 5.43 Å². The fourth-order valence-corrected chi connectivity index (χ4v) is 3.66. The molecule has 1 aromatic heterocycles. The third kappa shape index (κ3) is 3.90. The van der Waals surface area contributed by atoms with Gasteiger partial charge in [0.1, 0.15) is 0 Å². The highest BCUT2D eigenvalue weighted by Gasteiger charge is 2.33. The predicted octanol–water partition coefficient (Wildman–Crippen LogP) is 3.46. The van der Waals surface area contributed by atoms with Gasteiger partial charge in [-0.3, -0.25) is 4.79 Å². The van der Waals surface area contributed by atoms with Crippen LogP contribution >= 0.6 is 15.9 Å². The van der Waals surface area contributed by atoms with Gasteiger partial charge in [-0.2, -0.15) is 5.10 Å². The van der Waals surface area contributed by atoms with E-state index in [1.165, 1.54) is 0 Å². The molecule has 0 spiro atoms. The van der Waals surface area contributed by atoms with Gasteiger partial charge < -0.3 is 14.0 Å². The van der Waals surface area contributed by atoms with Gasteiger partial charge in [0.15, 0.2) is 5.79 Å². The van der Waals surface area contributed by atoms with E-state index in [9.17, 15) is 4.79 Å². The van der Waals surface area contributed by atoms with Crippen LogP contribution in [0.15, 0.2) is 39.9 Å².